The summed E-state index contributed by atoms with van der Waals surface area (Å²) in [6.07, 6.45) is 8.62. The summed E-state index contributed by atoms with van der Waals surface area (Å²) < 4.78 is 40.0. The number of hydrogen-bond acceptors (Lipinski definition) is 9. The Hall–Kier alpha value is -4.40. The van der Waals surface area contributed by atoms with Crippen molar-refractivity contribution in [2.75, 3.05) is 13.2 Å². The first kappa shape index (κ1) is 36.9. The van der Waals surface area contributed by atoms with Gasteiger partial charge in [0.2, 0.25) is 27.7 Å². The SMILES string of the molecule is C[C@@H]1CCC=C[C@@H]2C[C@@]2(C(=O)NS(=O)(=O)C2(C)CC2)NC(=O)[C@@H]2C[C@@H](Oc3ncc(OCC4CC4)c4ccccc34)CN2C(=O)[C@@H](NC(=O)O)[C@H](C)C1. The van der Waals surface area contributed by atoms with E-state index in [-0.39, 0.29) is 25.3 Å². The molecule has 53 heavy (non-hydrogen) atoms. The first-order valence-corrected chi connectivity index (χ1v) is 20.2. The molecule has 4 amide bonds. The van der Waals surface area contributed by atoms with Gasteiger partial charge in [0, 0.05) is 23.1 Å². The lowest BCUT2D eigenvalue weighted by atomic mass is 9.88. The van der Waals surface area contributed by atoms with Crippen molar-refractivity contribution >= 4 is 44.6 Å². The number of aromatic nitrogens is 1. The molecule has 2 aliphatic heterocycles. The van der Waals surface area contributed by atoms with Crippen LogP contribution in [0.5, 0.6) is 11.6 Å². The zero-order valence-corrected chi connectivity index (χ0v) is 31.2. The van der Waals surface area contributed by atoms with Crippen LogP contribution in [-0.2, 0) is 24.4 Å². The Balaban J connectivity index is 1.20. The molecule has 4 fully saturated rings. The van der Waals surface area contributed by atoms with Gasteiger partial charge >= 0.3 is 6.09 Å². The van der Waals surface area contributed by atoms with E-state index >= 15 is 0 Å². The van der Waals surface area contributed by atoms with Crippen molar-refractivity contribution < 1.29 is 42.2 Å². The number of carboxylic acid groups (broad SMARTS) is 1. The van der Waals surface area contributed by atoms with Gasteiger partial charge in [-0.3, -0.25) is 19.1 Å². The van der Waals surface area contributed by atoms with Crippen LogP contribution < -0.4 is 24.8 Å². The third kappa shape index (κ3) is 7.67. The number of amides is 4. The largest absolute Gasteiger partial charge is 0.491 e. The lowest BCUT2D eigenvalue weighted by Crippen LogP contribution is -2.59. The van der Waals surface area contributed by atoms with Gasteiger partial charge in [0.1, 0.15) is 29.5 Å². The standard InChI is InChI=1S/C38H49N5O9S/c1-22-8-4-5-9-25-18-38(25,35(46)42-53(49,50)37(3)14-15-37)41-32(44)29-17-26(20-43(29)34(45)31(23(2)16-22)40-36(47)48)52-33-28-11-7-6-10-27(28)30(19-39-33)51-21-24-12-13-24/h5-7,9-11,19,22-26,29,31,40H,4,8,12-18,20-21H2,1-3H3,(H,41,44)(H,42,46)(H,47,48)/t22-,23-,25-,26-,29+,31+,38-/m1/s1. The quantitative estimate of drug-likeness (QED) is 0.273. The van der Waals surface area contributed by atoms with Gasteiger partial charge in [-0.25, -0.2) is 18.2 Å². The van der Waals surface area contributed by atoms with Crippen LogP contribution in [-0.4, -0.2) is 88.8 Å². The van der Waals surface area contributed by atoms with E-state index in [1.165, 1.54) is 4.90 Å². The summed E-state index contributed by atoms with van der Waals surface area (Å²) in [6.45, 7) is 5.99. The van der Waals surface area contributed by atoms with E-state index in [1.54, 1.807) is 13.1 Å². The highest BCUT2D eigenvalue weighted by Gasteiger charge is 2.63. The fourth-order valence-electron chi connectivity index (χ4n) is 7.73. The number of nitrogens with zero attached hydrogens (tertiary/aromatic N) is 2. The molecule has 1 aromatic carbocycles. The molecule has 5 aliphatic rings. The Bertz CT molecular complexity index is 1930. The number of sulfonamides is 1. The summed E-state index contributed by atoms with van der Waals surface area (Å²) in [6, 6.07) is 5.23. The molecule has 0 unspecified atom stereocenters. The summed E-state index contributed by atoms with van der Waals surface area (Å²) in [4.78, 5) is 60.5. The number of carbonyl (C=O) groups excluding carboxylic acids is 3. The second-order valence-corrected chi connectivity index (χ2v) is 18.3. The third-order valence-corrected chi connectivity index (χ3v) is 13.9. The first-order chi connectivity index (χ1) is 25.2. The van der Waals surface area contributed by atoms with E-state index < -0.39 is 74.1 Å². The van der Waals surface area contributed by atoms with E-state index in [0.29, 0.717) is 55.2 Å². The summed E-state index contributed by atoms with van der Waals surface area (Å²) in [5.41, 5.74) is -1.54. The van der Waals surface area contributed by atoms with Gasteiger partial charge in [-0.05, 0) is 82.1 Å². The minimum Gasteiger partial charge on any atom is -0.491 e. The number of hydrogen-bond donors (Lipinski definition) is 4. The van der Waals surface area contributed by atoms with Gasteiger partial charge in [-0.1, -0.05) is 44.2 Å². The Morgan fingerprint density at radius 3 is 2.53 bits per heavy atom. The highest BCUT2D eigenvalue weighted by atomic mass is 32.2. The molecular formula is C38H49N5O9S. The lowest BCUT2D eigenvalue weighted by molar-refractivity contribution is -0.142. The average molecular weight is 752 g/mol. The summed E-state index contributed by atoms with van der Waals surface area (Å²) in [7, 11) is -4.00. The third-order valence-electron chi connectivity index (χ3n) is 11.7. The molecule has 0 spiro atoms. The van der Waals surface area contributed by atoms with Crippen molar-refractivity contribution in [3.05, 3.63) is 42.6 Å². The topological polar surface area (TPSA) is 193 Å². The molecule has 2 aromatic rings. The predicted molar refractivity (Wildman–Crippen MR) is 194 cm³/mol. The van der Waals surface area contributed by atoms with Crippen LogP contribution in [0.3, 0.4) is 0 Å². The summed E-state index contributed by atoms with van der Waals surface area (Å²) in [5, 5.41) is 16.6. The number of fused-ring (bicyclic) bond motifs is 3. The zero-order valence-electron chi connectivity index (χ0n) is 30.4. The molecule has 3 saturated carbocycles. The van der Waals surface area contributed by atoms with Crippen LogP contribution in [0.1, 0.15) is 78.6 Å². The van der Waals surface area contributed by atoms with E-state index in [1.807, 2.05) is 50.3 Å². The van der Waals surface area contributed by atoms with Crippen molar-refractivity contribution in [1.82, 2.24) is 25.2 Å². The van der Waals surface area contributed by atoms with Crippen molar-refractivity contribution in [3.8, 4) is 11.6 Å². The minimum absolute atomic E-state index is 0.0205. The molecule has 0 bridgehead atoms. The van der Waals surface area contributed by atoms with E-state index in [4.69, 9.17) is 9.47 Å². The van der Waals surface area contributed by atoms with Crippen LogP contribution in [0.2, 0.25) is 0 Å². The van der Waals surface area contributed by atoms with Crippen LogP contribution in [0.4, 0.5) is 4.79 Å². The predicted octanol–water partition coefficient (Wildman–Crippen LogP) is 3.89. The molecule has 7 rings (SSSR count). The van der Waals surface area contributed by atoms with Gasteiger partial charge in [0.05, 0.1) is 24.1 Å². The molecule has 3 aliphatic carbocycles. The van der Waals surface area contributed by atoms with Gasteiger partial charge in [-0.2, -0.15) is 0 Å². The van der Waals surface area contributed by atoms with Gasteiger partial charge < -0.3 is 30.1 Å². The van der Waals surface area contributed by atoms with Crippen molar-refractivity contribution in [1.29, 1.82) is 0 Å². The minimum atomic E-state index is -4.00. The zero-order chi connectivity index (χ0) is 37.7. The fourth-order valence-corrected chi connectivity index (χ4v) is 9.04. The number of allylic oxidation sites excluding steroid dienone is 1. The monoisotopic (exact) mass is 751 g/mol. The first-order valence-electron chi connectivity index (χ1n) is 18.7. The fraction of sp³-hybridized carbons (Fsp3) is 0.605. The highest BCUT2D eigenvalue weighted by Crippen LogP contribution is 2.48. The van der Waals surface area contributed by atoms with Crippen molar-refractivity contribution in [3.63, 3.8) is 0 Å². The maximum absolute atomic E-state index is 14.4. The number of nitrogens with one attached hydrogen (secondary N) is 3. The van der Waals surface area contributed by atoms with E-state index in [0.717, 1.165) is 24.6 Å². The lowest BCUT2D eigenvalue weighted by Gasteiger charge is -2.32. The molecule has 1 saturated heterocycles. The molecule has 4 N–H and O–H groups in total. The smallest absolute Gasteiger partial charge is 0.405 e. The molecule has 0 radical (unpaired) electrons. The van der Waals surface area contributed by atoms with E-state index in [2.05, 4.69) is 20.3 Å². The number of pyridine rings is 1. The van der Waals surface area contributed by atoms with Crippen molar-refractivity contribution in [2.45, 2.75) is 107 Å². The Morgan fingerprint density at radius 2 is 1.83 bits per heavy atom. The average Bonchev–Trinajstić information content (AvgIpc) is 4.06. The number of ether oxygens (including phenoxy) is 2. The highest BCUT2D eigenvalue weighted by molar-refractivity contribution is 7.91. The Labute approximate surface area is 309 Å². The summed E-state index contributed by atoms with van der Waals surface area (Å²) >= 11 is 0. The molecule has 15 heteroatoms. The van der Waals surface area contributed by atoms with Gasteiger partial charge in [-0.15, -0.1) is 0 Å². The maximum Gasteiger partial charge on any atom is 0.405 e. The van der Waals surface area contributed by atoms with Gasteiger partial charge in [0.25, 0.3) is 5.91 Å². The van der Waals surface area contributed by atoms with E-state index in [9.17, 15) is 32.7 Å². The molecular weight excluding hydrogens is 703 g/mol. The normalized spacial score (nSPS) is 31.3. The Kier molecular flexibility index (Phi) is 9.83. The summed E-state index contributed by atoms with van der Waals surface area (Å²) in [5.74, 6) is -1.31. The second-order valence-electron chi connectivity index (χ2n) is 16.1. The molecule has 3 heterocycles. The molecule has 14 nitrogen and oxygen atoms in total. The number of rotatable bonds is 9. The number of carbonyl (C=O) groups is 4. The Morgan fingerprint density at radius 1 is 1.09 bits per heavy atom. The van der Waals surface area contributed by atoms with Crippen LogP contribution in [0.15, 0.2) is 42.6 Å². The van der Waals surface area contributed by atoms with Crippen LogP contribution in [0, 0.1) is 23.7 Å². The van der Waals surface area contributed by atoms with Crippen LogP contribution in [0.25, 0.3) is 10.8 Å². The number of benzene rings is 1. The maximum atomic E-state index is 14.4. The van der Waals surface area contributed by atoms with Crippen LogP contribution >= 0.6 is 0 Å². The molecule has 1 aromatic heterocycles. The van der Waals surface area contributed by atoms with Gasteiger partial charge in [0.15, 0.2) is 0 Å². The second kappa shape index (κ2) is 14.1. The van der Waals surface area contributed by atoms with Crippen molar-refractivity contribution in [2.24, 2.45) is 23.7 Å². The molecule has 7 atom stereocenters. The molecule has 286 valence electrons.